The van der Waals surface area contributed by atoms with Crippen molar-refractivity contribution in [2.24, 2.45) is 5.92 Å². The van der Waals surface area contributed by atoms with Crippen molar-refractivity contribution in [3.63, 3.8) is 0 Å². The summed E-state index contributed by atoms with van der Waals surface area (Å²) >= 11 is 0. The Hall–Kier alpha value is -1.89. The number of piperidine rings is 1. The molecule has 0 spiro atoms. The number of hydrogen-bond donors (Lipinski definition) is 1. The van der Waals surface area contributed by atoms with Crippen LogP contribution in [0.1, 0.15) is 36.7 Å². The average Bonchev–Trinajstić information content (AvgIpc) is 2.93. The summed E-state index contributed by atoms with van der Waals surface area (Å²) in [6.07, 6.45) is 3.40. The van der Waals surface area contributed by atoms with Gasteiger partial charge in [-0.1, -0.05) is 6.92 Å². The third kappa shape index (κ3) is 4.56. The number of nitro groups is 1. The molecule has 0 radical (unpaired) electrons. The number of rotatable bonds is 6. The van der Waals surface area contributed by atoms with Gasteiger partial charge in [0, 0.05) is 13.1 Å². The minimum atomic E-state index is -0.658. The summed E-state index contributed by atoms with van der Waals surface area (Å²) in [5.74, 6) is -0.0946. The van der Waals surface area contributed by atoms with E-state index < -0.39 is 16.7 Å². The fourth-order valence-electron chi connectivity index (χ4n) is 2.63. The summed E-state index contributed by atoms with van der Waals surface area (Å²) in [7, 11) is 0. The van der Waals surface area contributed by atoms with E-state index in [1.807, 2.05) is 0 Å². The highest BCUT2D eigenvalue weighted by Crippen LogP contribution is 2.16. The lowest BCUT2D eigenvalue weighted by Crippen LogP contribution is -2.36. The molecule has 1 amide bonds. The van der Waals surface area contributed by atoms with Gasteiger partial charge in [0.1, 0.15) is 4.92 Å². The van der Waals surface area contributed by atoms with E-state index in [1.165, 1.54) is 25.0 Å². The Morgan fingerprint density at radius 3 is 3.05 bits per heavy atom. The van der Waals surface area contributed by atoms with Gasteiger partial charge in [-0.3, -0.25) is 14.9 Å². The van der Waals surface area contributed by atoms with Crippen LogP contribution < -0.4 is 5.32 Å². The molecule has 1 fully saturated rings. The first-order chi connectivity index (χ1) is 10.1. The number of carbonyl (C=O) groups is 1. The van der Waals surface area contributed by atoms with Crippen LogP contribution in [0.5, 0.6) is 0 Å². The third-order valence-electron chi connectivity index (χ3n) is 3.67. The quantitative estimate of drug-likeness (QED) is 0.493. The second-order valence-corrected chi connectivity index (χ2v) is 5.55. The molecule has 1 aromatic rings. The molecule has 1 atom stereocenters. The van der Waals surface area contributed by atoms with Crippen LogP contribution in [0, 0.1) is 16.0 Å². The first-order valence-electron chi connectivity index (χ1n) is 7.31. The Morgan fingerprint density at radius 1 is 1.57 bits per heavy atom. The molecule has 1 aliphatic heterocycles. The van der Waals surface area contributed by atoms with Crippen LogP contribution in [0.4, 0.5) is 5.88 Å². The lowest BCUT2D eigenvalue weighted by atomic mass is 10.0. The van der Waals surface area contributed by atoms with Crippen molar-refractivity contribution in [1.29, 1.82) is 0 Å². The maximum Gasteiger partial charge on any atom is 0.433 e. The lowest BCUT2D eigenvalue weighted by Gasteiger charge is -2.30. The number of amides is 1. The molecule has 0 saturated carbocycles. The minimum absolute atomic E-state index is 0.0201. The molecule has 1 aliphatic rings. The van der Waals surface area contributed by atoms with E-state index in [1.54, 1.807) is 0 Å². The normalized spacial score (nSPS) is 19.4. The van der Waals surface area contributed by atoms with E-state index in [9.17, 15) is 14.9 Å². The molecule has 1 N–H and O–H groups in total. The van der Waals surface area contributed by atoms with E-state index in [0.29, 0.717) is 6.54 Å². The second kappa shape index (κ2) is 7.21. The lowest BCUT2D eigenvalue weighted by molar-refractivity contribution is -0.402. The smallest absolute Gasteiger partial charge is 0.395 e. The van der Waals surface area contributed by atoms with E-state index in [2.05, 4.69) is 17.1 Å². The monoisotopic (exact) mass is 295 g/mol. The summed E-state index contributed by atoms with van der Waals surface area (Å²) < 4.78 is 4.85. The zero-order valence-corrected chi connectivity index (χ0v) is 12.2. The van der Waals surface area contributed by atoms with Crippen molar-refractivity contribution in [3.05, 3.63) is 28.0 Å². The predicted octanol–water partition coefficient (Wildman–Crippen LogP) is 2.04. The standard InChI is InChI=1S/C14H21N3O4/c1-11-4-2-8-16(10-11)9-3-7-15-14(18)12-5-6-13(21-12)17(19)20/h5-6,11H,2-4,7-10H2,1H3,(H,15,18)/t11-/m1/s1. The molecule has 0 aromatic carbocycles. The third-order valence-corrected chi connectivity index (χ3v) is 3.67. The van der Waals surface area contributed by atoms with Crippen LogP contribution in [-0.4, -0.2) is 41.9 Å². The van der Waals surface area contributed by atoms with Crippen LogP contribution in [-0.2, 0) is 0 Å². The molecule has 2 heterocycles. The Morgan fingerprint density at radius 2 is 2.38 bits per heavy atom. The van der Waals surface area contributed by atoms with E-state index in [-0.39, 0.29) is 5.76 Å². The average molecular weight is 295 g/mol. The highest BCUT2D eigenvalue weighted by atomic mass is 16.6. The molecular formula is C14H21N3O4. The molecule has 0 bridgehead atoms. The Kier molecular flexibility index (Phi) is 5.32. The van der Waals surface area contributed by atoms with E-state index in [4.69, 9.17) is 4.42 Å². The van der Waals surface area contributed by atoms with Crippen molar-refractivity contribution in [3.8, 4) is 0 Å². The molecular weight excluding hydrogens is 274 g/mol. The number of furan rings is 1. The molecule has 116 valence electrons. The maximum atomic E-state index is 11.7. The van der Waals surface area contributed by atoms with Gasteiger partial charge in [0.2, 0.25) is 0 Å². The topological polar surface area (TPSA) is 88.6 Å². The van der Waals surface area contributed by atoms with E-state index in [0.717, 1.165) is 32.0 Å². The maximum absolute atomic E-state index is 11.7. The summed E-state index contributed by atoms with van der Waals surface area (Å²) in [4.78, 5) is 24.0. The van der Waals surface area contributed by atoms with Crippen LogP contribution in [0.15, 0.2) is 16.5 Å². The summed E-state index contributed by atoms with van der Waals surface area (Å²) in [6.45, 7) is 6.01. The number of likely N-dealkylation sites (tertiary alicyclic amines) is 1. The van der Waals surface area contributed by atoms with Crippen LogP contribution in [0.3, 0.4) is 0 Å². The van der Waals surface area contributed by atoms with Crippen LogP contribution >= 0.6 is 0 Å². The molecule has 7 nitrogen and oxygen atoms in total. The number of nitrogens with one attached hydrogen (secondary N) is 1. The van der Waals surface area contributed by atoms with Crippen LogP contribution in [0.25, 0.3) is 0 Å². The van der Waals surface area contributed by atoms with Gasteiger partial charge in [-0.2, -0.15) is 0 Å². The molecule has 1 saturated heterocycles. The molecule has 0 unspecified atom stereocenters. The van der Waals surface area contributed by atoms with Gasteiger partial charge in [-0.25, -0.2) is 0 Å². The molecule has 2 rings (SSSR count). The first-order valence-corrected chi connectivity index (χ1v) is 7.31. The van der Waals surface area contributed by atoms with Crippen molar-refractivity contribution in [2.75, 3.05) is 26.2 Å². The van der Waals surface area contributed by atoms with Gasteiger partial charge in [0.25, 0.3) is 5.91 Å². The van der Waals surface area contributed by atoms with Crippen molar-refractivity contribution >= 4 is 11.8 Å². The fraction of sp³-hybridized carbons (Fsp3) is 0.643. The fourth-order valence-corrected chi connectivity index (χ4v) is 2.63. The molecule has 21 heavy (non-hydrogen) atoms. The number of nitrogens with zero attached hydrogens (tertiary/aromatic N) is 2. The second-order valence-electron chi connectivity index (χ2n) is 5.55. The van der Waals surface area contributed by atoms with Crippen LogP contribution in [0.2, 0.25) is 0 Å². The van der Waals surface area contributed by atoms with Crippen molar-refractivity contribution in [2.45, 2.75) is 26.2 Å². The number of carbonyl (C=O) groups excluding carboxylic acids is 1. The van der Waals surface area contributed by atoms with Crippen molar-refractivity contribution in [1.82, 2.24) is 10.2 Å². The highest BCUT2D eigenvalue weighted by Gasteiger charge is 2.18. The SMILES string of the molecule is C[C@@H]1CCCN(CCCNC(=O)c2ccc([N+](=O)[O-])o2)C1. The molecule has 0 aliphatic carbocycles. The highest BCUT2D eigenvalue weighted by molar-refractivity contribution is 5.91. The van der Waals surface area contributed by atoms with E-state index >= 15 is 0 Å². The summed E-state index contributed by atoms with van der Waals surface area (Å²) in [6, 6.07) is 2.50. The Labute approximate surface area is 123 Å². The largest absolute Gasteiger partial charge is 0.433 e. The summed E-state index contributed by atoms with van der Waals surface area (Å²) in [5.41, 5.74) is 0. The van der Waals surface area contributed by atoms with Gasteiger partial charge in [-0.15, -0.1) is 0 Å². The predicted molar refractivity (Wildman–Crippen MR) is 77.2 cm³/mol. The van der Waals surface area contributed by atoms with Gasteiger partial charge in [-0.05, 0) is 44.3 Å². The Bertz CT molecular complexity index is 500. The minimum Gasteiger partial charge on any atom is -0.395 e. The Balaban J connectivity index is 1.68. The van der Waals surface area contributed by atoms with Gasteiger partial charge >= 0.3 is 5.88 Å². The zero-order valence-electron chi connectivity index (χ0n) is 12.2. The van der Waals surface area contributed by atoms with Gasteiger partial charge in [0.05, 0.1) is 6.07 Å². The van der Waals surface area contributed by atoms with Gasteiger partial charge < -0.3 is 14.6 Å². The molecule has 1 aromatic heterocycles. The summed E-state index contributed by atoms with van der Waals surface area (Å²) in [5, 5.41) is 13.2. The molecule has 7 heteroatoms. The van der Waals surface area contributed by atoms with Gasteiger partial charge in [0.15, 0.2) is 5.76 Å². The number of hydrogen-bond acceptors (Lipinski definition) is 5. The first kappa shape index (κ1) is 15.5. The zero-order chi connectivity index (χ0) is 15.2. The van der Waals surface area contributed by atoms with Crippen molar-refractivity contribution < 1.29 is 14.1 Å².